The number of hydrogen-bond donors (Lipinski definition) is 6. The molecule has 4 amide bonds. The number of carbonyl (C=O) groups is 3. The third-order valence-corrected chi connectivity index (χ3v) is 9.66. The van der Waals surface area contributed by atoms with Crippen LogP contribution < -0.4 is 27.4 Å². The Hall–Kier alpha value is -3.67. The number of benzene rings is 2. The number of anilines is 1. The van der Waals surface area contributed by atoms with Crippen molar-refractivity contribution in [3.05, 3.63) is 59.7 Å². The van der Waals surface area contributed by atoms with Crippen molar-refractivity contribution in [2.75, 3.05) is 25.1 Å². The predicted octanol–water partition coefficient (Wildman–Crippen LogP) is 7.48. The molecule has 0 bridgehead atoms. The third kappa shape index (κ3) is 16.9. The van der Waals surface area contributed by atoms with Crippen LogP contribution in [0.15, 0.2) is 48.5 Å². The average molecular weight is 711 g/mol. The van der Waals surface area contributed by atoms with Crippen molar-refractivity contribution in [3.8, 4) is 0 Å². The number of hydrogen-bond acceptors (Lipinski definition) is 6. The van der Waals surface area contributed by atoms with Crippen LogP contribution in [0.5, 0.6) is 0 Å². The van der Waals surface area contributed by atoms with Crippen molar-refractivity contribution in [3.63, 3.8) is 0 Å². The number of rotatable bonds is 22. The summed E-state index contributed by atoms with van der Waals surface area (Å²) in [5.41, 5.74) is 11.7. The second kappa shape index (κ2) is 21.6. The average Bonchev–Trinajstić information content (AvgIpc) is 3.06. The molecule has 0 heterocycles. The van der Waals surface area contributed by atoms with E-state index in [9.17, 15) is 19.5 Å². The van der Waals surface area contributed by atoms with Crippen molar-refractivity contribution < 1.29 is 34.7 Å². The van der Waals surface area contributed by atoms with Gasteiger partial charge in [0.2, 0.25) is 0 Å². The molecule has 3 unspecified atom stereocenters. The van der Waals surface area contributed by atoms with Crippen LogP contribution in [-0.2, 0) is 9.47 Å². The van der Waals surface area contributed by atoms with Crippen LogP contribution in [-0.4, -0.2) is 48.9 Å². The van der Waals surface area contributed by atoms with Gasteiger partial charge in [0.15, 0.2) is 6.29 Å². The number of amides is 4. The molecule has 1 saturated carbocycles. The van der Waals surface area contributed by atoms with Crippen LogP contribution >= 0.6 is 0 Å². The minimum absolute atomic E-state index is 0.00766. The molecule has 11 nitrogen and oxygen atoms in total. The summed E-state index contributed by atoms with van der Waals surface area (Å²) in [6, 6.07) is 13.3. The number of ether oxygens (including phenoxy) is 2. The van der Waals surface area contributed by atoms with E-state index >= 15 is 0 Å². The summed E-state index contributed by atoms with van der Waals surface area (Å²) in [6.07, 6.45) is 15.3. The molecule has 3 rings (SSSR count). The van der Waals surface area contributed by atoms with E-state index in [0.717, 1.165) is 50.6 Å². The van der Waals surface area contributed by atoms with Crippen molar-refractivity contribution in [1.82, 2.24) is 10.6 Å². The highest BCUT2D eigenvalue weighted by Crippen LogP contribution is 2.45. The Morgan fingerprint density at radius 1 is 0.824 bits per heavy atom. The lowest BCUT2D eigenvalue weighted by molar-refractivity contribution is -0.254. The number of aliphatic hydroxyl groups is 1. The number of nitrogens with one attached hydrogen (secondary N) is 3. The lowest BCUT2D eigenvalue weighted by atomic mass is 9.62. The second-order valence-electron chi connectivity index (χ2n) is 15.5. The van der Waals surface area contributed by atoms with Crippen LogP contribution in [0.3, 0.4) is 0 Å². The Bertz CT molecular complexity index is 1340. The van der Waals surface area contributed by atoms with E-state index < -0.39 is 12.3 Å². The van der Waals surface area contributed by atoms with Crippen molar-refractivity contribution in [1.29, 1.82) is 0 Å². The normalized spacial score (nSPS) is 18.8. The molecule has 0 aromatic heterocycles. The van der Waals surface area contributed by atoms with Gasteiger partial charge in [-0.2, -0.15) is 0 Å². The van der Waals surface area contributed by atoms with Crippen molar-refractivity contribution in [2.45, 2.75) is 129 Å². The van der Waals surface area contributed by atoms with Crippen LogP contribution in [0.2, 0.25) is 0 Å². The molecule has 11 heteroatoms. The fourth-order valence-corrected chi connectivity index (χ4v) is 7.41. The first-order valence-electron chi connectivity index (χ1n) is 18.9. The summed E-state index contributed by atoms with van der Waals surface area (Å²) in [5, 5.41) is 19.2. The van der Waals surface area contributed by atoms with Gasteiger partial charge in [-0.05, 0) is 79.3 Å². The van der Waals surface area contributed by atoms with Gasteiger partial charge in [-0.1, -0.05) is 97.1 Å². The Morgan fingerprint density at radius 2 is 1.37 bits per heavy atom. The van der Waals surface area contributed by atoms with Crippen LogP contribution in [0.25, 0.3) is 0 Å². The minimum Gasteiger partial charge on any atom is -0.462 e. The van der Waals surface area contributed by atoms with Crippen LogP contribution in [0.4, 0.5) is 21.0 Å². The molecule has 2 aromatic carbocycles. The van der Waals surface area contributed by atoms with Gasteiger partial charge in [0.05, 0.1) is 18.8 Å². The highest BCUT2D eigenvalue weighted by atomic mass is 16.6. The quantitative estimate of drug-likeness (QED) is 0.0419. The molecule has 0 aliphatic heterocycles. The molecule has 1 aliphatic rings. The summed E-state index contributed by atoms with van der Waals surface area (Å²) in [5.74, 6) is -0.261. The van der Waals surface area contributed by atoms with E-state index in [4.69, 9.17) is 15.2 Å². The summed E-state index contributed by atoms with van der Waals surface area (Å²) in [6.45, 7) is 7.92. The zero-order valence-electron chi connectivity index (χ0n) is 31.3. The smallest absolute Gasteiger partial charge is 0.338 e. The van der Waals surface area contributed by atoms with E-state index in [1.165, 1.54) is 51.4 Å². The van der Waals surface area contributed by atoms with Gasteiger partial charge in [-0.15, -0.1) is 0 Å². The van der Waals surface area contributed by atoms with Crippen molar-refractivity contribution in [2.24, 2.45) is 16.6 Å². The first-order chi connectivity index (χ1) is 24.3. The lowest BCUT2D eigenvalue weighted by Crippen LogP contribution is -2.51. The molecule has 51 heavy (non-hydrogen) atoms. The topological polar surface area (TPSA) is 180 Å². The first-order valence-corrected chi connectivity index (χ1v) is 18.9. The fourth-order valence-electron chi connectivity index (χ4n) is 7.41. The molecule has 1 aliphatic carbocycles. The van der Waals surface area contributed by atoms with Crippen molar-refractivity contribution >= 4 is 29.4 Å². The number of quaternary nitrogens is 1. The number of urea groups is 2. The highest BCUT2D eigenvalue weighted by molar-refractivity contribution is 5.90. The molecule has 0 spiro atoms. The van der Waals surface area contributed by atoms with E-state index in [2.05, 4.69) is 42.5 Å². The SMILES string of the molecule is CC1(C)CC(NC(=O)Nc2ccc(C(O)OCCCCCCCCCCCCCCOC(=O)c3ccc([NH3+])cc3)cc2)CC(C)(CNC(N)=O)C1. The third-order valence-electron chi connectivity index (χ3n) is 9.66. The Balaban J connectivity index is 1.16. The minimum atomic E-state index is -1.00. The van der Waals surface area contributed by atoms with Crippen LogP contribution in [0, 0.1) is 10.8 Å². The molecular formula is C40H64N5O6+. The van der Waals surface area contributed by atoms with Gasteiger partial charge in [0, 0.05) is 23.8 Å². The van der Waals surface area contributed by atoms with Gasteiger partial charge in [0.1, 0.15) is 5.69 Å². The zero-order chi connectivity index (χ0) is 37.1. The van der Waals surface area contributed by atoms with E-state index in [1.807, 2.05) is 12.1 Å². The number of esters is 1. The maximum atomic E-state index is 12.8. The van der Waals surface area contributed by atoms with Crippen LogP contribution in [0.1, 0.15) is 139 Å². The number of nitrogens with two attached hydrogens (primary N) is 1. The fraction of sp³-hybridized carbons (Fsp3) is 0.625. The van der Waals surface area contributed by atoms with Gasteiger partial charge in [-0.25, -0.2) is 14.4 Å². The maximum Gasteiger partial charge on any atom is 0.338 e. The highest BCUT2D eigenvalue weighted by Gasteiger charge is 2.41. The monoisotopic (exact) mass is 710 g/mol. The van der Waals surface area contributed by atoms with Gasteiger partial charge in [0.25, 0.3) is 0 Å². The molecular weight excluding hydrogens is 646 g/mol. The Labute approximate surface area is 305 Å². The molecule has 0 saturated heterocycles. The molecule has 0 radical (unpaired) electrons. The van der Waals surface area contributed by atoms with Gasteiger partial charge >= 0.3 is 18.0 Å². The molecule has 3 atom stereocenters. The molecule has 2 aromatic rings. The summed E-state index contributed by atoms with van der Waals surface area (Å²) in [7, 11) is 0. The molecule has 284 valence electrons. The van der Waals surface area contributed by atoms with Gasteiger partial charge < -0.3 is 42.0 Å². The maximum absolute atomic E-state index is 12.8. The lowest BCUT2D eigenvalue weighted by Gasteiger charge is -2.46. The number of aliphatic hydroxyl groups excluding tert-OH is 1. The summed E-state index contributed by atoms with van der Waals surface area (Å²) >= 11 is 0. The first kappa shape index (κ1) is 41.7. The standard InChI is InChI=1S/C40H63N5O6/c1-39(2)26-34(27-40(3,28-39)29-43-37(42)48)45-38(49)44-33-22-18-31(19-23-33)36(47)51-25-15-13-11-9-7-5-4-6-8-10-12-14-24-50-35(46)30-16-20-32(41)21-17-30/h16-23,34,36,47H,4-15,24-29,41H2,1-3H3,(H3,42,43,48)(H2,44,45,49)/p+1. The van der Waals surface area contributed by atoms with Gasteiger partial charge in [-0.3, -0.25) is 0 Å². The zero-order valence-corrected chi connectivity index (χ0v) is 31.3. The van der Waals surface area contributed by atoms with E-state index in [-0.39, 0.29) is 28.9 Å². The Morgan fingerprint density at radius 3 is 1.94 bits per heavy atom. The molecule has 1 fully saturated rings. The number of primary amides is 1. The van der Waals surface area contributed by atoms with E-state index in [0.29, 0.717) is 36.6 Å². The summed E-state index contributed by atoms with van der Waals surface area (Å²) in [4.78, 5) is 36.1. The largest absolute Gasteiger partial charge is 0.462 e. The number of unbranched alkanes of at least 4 members (excludes halogenated alkanes) is 11. The number of carbonyl (C=O) groups excluding carboxylic acids is 3. The predicted molar refractivity (Wildman–Crippen MR) is 201 cm³/mol. The Kier molecular flexibility index (Phi) is 17.7. The summed E-state index contributed by atoms with van der Waals surface area (Å²) < 4.78 is 11.0. The second-order valence-corrected chi connectivity index (χ2v) is 15.5. The molecule has 9 N–H and O–H groups in total. The van der Waals surface area contributed by atoms with E-state index in [1.54, 1.807) is 36.4 Å².